The van der Waals surface area contributed by atoms with Gasteiger partial charge in [0.1, 0.15) is 23.0 Å². The largest absolute Gasteiger partial charge is 0.497 e. The molecule has 0 radical (unpaired) electrons. The van der Waals surface area contributed by atoms with Gasteiger partial charge in [0.15, 0.2) is 0 Å². The highest BCUT2D eigenvalue weighted by Crippen LogP contribution is 2.68. The smallest absolute Gasteiger partial charge is 0.126 e. The normalized spacial score (nSPS) is 29.9. The quantitative estimate of drug-likeness (QED) is 0.174. The van der Waals surface area contributed by atoms with Crippen molar-refractivity contribution in [3.05, 3.63) is 70.3 Å². The number of ether oxygens (including phenoxy) is 5. The lowest BCUT2D eigenvalue weighted by Gasteiger charge is -2.62. The fraction of sp³-hybridized carbons (Fsp3) is 0.652. The Morgan fingerprint density at radius 1 is 0.769 bits per heavy atom. The molecule has 288 valence electrons. The van der Waals surface area contributed by atoms with Crippen LogP contribution in [0.15, 0.2) is 53.6 Å². The van der Waals surface area contributed by atoms with Gasteiger partial charge < -0.3 is 28.8 Å². The second-order valence-corrected chi connectivity index (χ2v) is 17.8. The van der Waals surface area contributed by atoms with Gasteiger partial charge >= 0.3 is 0 Å². The summed E-state index contributed by atoms with van der Waals surface area (Å²) in [5.41, 5.74) is 7.42. The molecule has 6 nitrogen and oxygen atoms in total. The molecule has 0 amide bonds. The number of methoxy groups -OCH3 is 4. The summed E-state index contributed by atoms with van der Waals surface area (Å²) < 4.78 is 27.7. The van der Waals surface area contributed by atoms with Gasteiger partial charge in [-0.05, 0) is 144 Å². The van der Waals surface area contributed by atoms with Crippen LogP contribution < -0.4 is 18.9 Å². The van der Waals surface area contributed by atoms with Crippen molar-refractivity contribution in [1.82, 2.24) is 0 Å². The van der Waals surface area contributed by atoms with Crippen LogP contribution in [0.1, 0.15) is 123 Å². The van der Waals surface area contributed by atoms with Crippen molar-refractivity contribution >= 4 is 0 Å². The minimum atomic E-state index is -0.177. The van der Waals surface area contributed by atoms with E-state index in [1.807, 2.05) is 6.07 Å². The first-order valence-electron chi connectivity index (χ1n) is 19.7. The standard InChI is InChI=1S/2C23H34O3/c1-21(2)17-7-9-23(4)18(22(17,3)10-8-19(21)24)12-14-11-15(25-5)13-16(26-6)20(14)23;1-17(8-7-9-18(2)11-13-22-23(3,4)26-22)10-12-19-14-20(24-5)16-21(15-19)25-6/h11,13,17-19,24H,7-10,12H2,1-6H3;9-10,14-16,22H,7-8,11-13H2,1-6H3/b;17-10+,18-9+/t17-,18+,19-,22-,23+;22-/m11/s1. The third kappa shape index (κ3) is 8.23. The van der Waals surface area contributed by atoms with Crippen LogP contribution in [-0.4, -0.2) is 51.4 Å². The van der Waals surface area contributed by atoms with E-state index in [0.717, 1.165) is 74.4 Å². The van der Waals surface area contributed by atoms with Crippen LogP contribution >= 0.6 is 0 Å². The molecule has 1 N–H and O–H groups in total. The van der Waals surface area contributed by atoms with Crippen molar-refractivity contribution in [2.45, 2.75) is 143 Å². The summed E-state index contributed by atoms with van der Waals surface area (Å²) in [6.07, 6.45) is 15.8. The highest BCUT2D eigenvalue weighted by molar-refractivity contribution is 5.55. The Hall–Kier alpha value is -2.96. The van der Waals surface area contributed by atoms with E-state index in [0.29, 0.717) is 17.9 Å². The van der Waals surface area contributed by atoms with Gasteiger partial charge in [-0.1, -0.05) is 51.0 Å². The maximum Gasteiger partial charge on any atom is 0.126 e. The second kappa shape index (κ2) is 15.8. The Labute approximate surface area is 315 Å². The lowest BCUT2D eigenvalue weighted by Crippen LogP contribution is -2.58. The van der Waals surface area contributed by atoms with Gasteiger partial charge in [0.2, 0.25) is 0 Å². The van der Waals surface area contributed by atoms with Crippen molar-refractivity contribution in [2.75, 3.05) is 28.4 Å². The molecule has 6 heteroatoms. The van der Waals surface area contributed by atoms with E-state index in [2.05, 4.69) is 91.8 Å². The lowest BCUT2D eigenvalue weighted by molar-refractivity contribution is -0.151. The molecule has 2 aromatic carbocycles. The van der Waals surface area contributed by atoms with Gasteiger partial charge in [-0.2, -0.15) is 0 Å². The van der Waals surface area contributed by atoms with E-state index >= 15 is 0 Å². The summed E-state index contributed by atoms with van der Waals surface area (Å²) in [4.78, 5) is 0. The molecular weight excluding hydrogens is 649 g/mol. The fourth-order valence-corrected chi connectivity index (χ4v) is 10.4. The summed E-state index contributed by atoms with van der Waals surface area (Å²) in [6.45, 7) is 18.3. The number of hydrogen-bond donors (Lipinski definition) is 1. The van der Waals surface area contributed by atoms with Crippen LogP contribution in [0.5, 0.6) is 23.0 Å². The molecule has 52 heavy (non-hydrogen) atoms. The fourth-order valence-electron chi connectivity index (χ4n) is 10.4. The first kappa shape index (κ1) is 40.2. The first-order valence-corrected chi connectivity index (χ1v) is 19.7. The third-order valence-corrected chi connectivity index (χ3v) is 13.7. The van der Waals surface area contributed by atoms with Gasteiger partial charge in [-0.25, -0.2) is 0 Å². The van der Waals surface area contributed by atoms with Crippen LogP contribution in [0.2, 0.25) is 0 Å². The zero-order valence-corrected chi connectivity index (χ0v) is 34.4. The van der Waals surface area contributed by atoms with E-state index < -0.39 is 0 Å². The molecule has 6 rings (SSSR count). The summed E-state index contributed by atoms with van der Waals surface area (Å²) in [6, 6.07) is 10.3. The zero-order chi connectivity index (χ0) is 38.1. The predicted octanol–water partition coefficient (Wildman–Crippen LogP) is 10.6. The van der Waals surface area contributed by atoms with E-state index in [-0.39, 0.29) is 27.9 Å². The van der Waals surface area contributed by atoms with Gasteiger partial charge in [0, 0.05) is 23.1 Å². The molecule has 1 saturated heterocycles. The van der Waals surface area contributed by atoms with Gasteiger partial charge in [0.25, 0.3) is 0 Å². The molecular formula is C46H68O6. The Kier molecular flexibility index (Phi) is 12.2. The van der Waals surface area contributed by atoms with Crippen molar-refractivity contribution in [3.8, 4) is 23.0 Å². The molecule has 6 atom stereocenters. The SMILES string of the molecule is COc1cc(C/C=C(\C)CC/C=C(\C)CC[C@H]2OC2(C)C)cc(OC)c1.COc1cc2c(c(OC)c1)[C@@]1(C)CC[C@@H]3C(C)(C)[C@H](O)CC[C@@]3(C)[C@@H]1C2. The predicted molar refractivity (Wildman–Crippen MR) is 212 cm³/mol. The molecule has 2 saturated carbocycles. The number of epoxide rings is 1. The number of aliphatic hydroxyl groups is 1. The van der Waals surface area contributed by atoms with E-state index in [4.69, 9.17) is 23.7 Å². The average Bonchev–Trinajstić information content (AvgIpc) is 3.61. The summed E-state index contributed by atoms with van der Waals surface area (Å²) in [7, 11) is 6.88. The number of benzene rings is 2. The zero-order valence-electron chi connectivity index (χ0n) is 34.4. The van der Waals surface area contributed by atoms with Crippen molar-refractivity contribution in [3.63, 3.8) is 0 Å². The van der Waals surface area contributed by atoms with Crippen molar-refractivity contribution in [1.29, 1.82) is 0 Å². The first-order chi connectivity index (χ1) is 24.5. The number of hydrogen-bond acceptors (Lipinski definition) is 6. The summed E-state index contributed by atoms with van der Waals surface area (Å²) in [5, 5.41) is 10.7. The summed E-state index contributed by atoms with van der Waals surface area (Å²) >= 11 is 0. The van der Waals surface area contributed by atoms with Gasteiger partial charge in [-0.15, -0.1) is 0 Å². The Morgan fingerprint density at radius 2 is 1.38 bits per heavy atom. The van der Waals surface area contributed by atoms with Crippen LogP contribution in [0.25, 0.3) is 0 Å². The Bertz CT molecular complexity index is 1600. The lowest BCUT2D eigenvalue weighted by atomic mass is 9.43. The summed E-state index contributed by atoms with van der Waals surface area (Å²) in [5.74, 6) is 4.72. The van der Waals surface area contributed by atoms with Gasteiger partial charge in [-0.3, -0.25) is 0 Å². The number of rotatable bonds is 12. The molecule has 3 aliphatic carbocycles. The molecule has 4 aliphatic rings. The van der Waals surface area contributed by atoms with Crippen molar-refractivity contribution < 1.29 is 28.8 Å². The third-order valence-electron chi connectivity index (χ3n) is 13.7. The van der Waals surface area contributed by atoms with E-state index in [1.54, 1.807) is 28.4 Å². The van der Waals surface area contributed by atoms with Crippen LogP contribution in [0.4, 0.5) is 0 Å². The number of fused-ring (bicyclic) bond motifs is 5. The molecule has 1 aliphatic heterocycles. The Morgan fingerprint density at radius 3 is 1.98 bits per heavy atom. The van der Waals surface area contributed by atoms with E-state index in [9.17, 15) is 5.11 Å². The Balaban J connectivity index is 0.000000201. The van der Waals surface area contributed by atoms with E-state index in [1.165, 1.54) is 40.7 Å². The molecule has 0 unspecified atom stereocenters. The van der Waals surface area contributed by atoms with Crippen LogP contribution in [0.3, 0.4) is 0 Å². The highest BCUT2D eigenvalue weighted by Gasteiger charge is 2.63. The topological polar surface area (TPSA) is 69.7 Å². The minimum absolute atomic E-state index is 0.00905. The highest BCUT2D eigenvalue weighted by atomic mass is 16.6. The molecule has 0 aromatic heterocycles. The van der Waals surface area contributed by atoms with Gasteiger partial charge in [0.05, 0.1) is 46.2 Å². The average molecular weight is 717 g/mol. The minimum Gasteiger partial charge on any atom is -0.497 e. The molecule has 3 fully saturated rings. The molecule has 0 spiro atoms. The number of aliphatic hydroxyl groups excluding tert-OH is 1. The van der Waals surface area contributed by atoms with Crippen LogP contribution in [-0.2, 0) is 23.0 Å². The van der Waals surface area contributed by atoms with Crippen molar-refractivity contribution in [2.24, 2.45) is 22.7 Å². The van der Waals surface area contributed by atoms with Crippen LogP contribution in [0, 0.1) is 22.7 Å². The maximum atomic E-state index is 10.7. The maximum absolute atomic E-state index is 10.7. The monoisotopic (exact) mass is 717 g/mol. The molecule has 0 bridgehead atoms. The molecule has 1 heterocycles. The number of allylic oxidation sites excluding steroid dienone is 4. The molecule has 2 aromatic rings. The second-order valence-electron chi connectivity index (χ2n) is 17.8.